The lowest BCUT2D eigenvalue weighted by Gasteiger charge is -2.05. The minimum absolute atomic E-state index is 0.0201. The van der Waals surface area contributed by atoms with Crippen molar-refractivity contribution in [2.75, 3.05) is 0 Å². The third-order valence-corrected chi connectivity index (χ3v) is 3.44. The molecule has 1 aromatic heterocycles. The Labute approximate surface area is 99.9 Å². The average molecular weight is 258 g/mol. The van der Waals surface area contributed by atoms with E-state index in [1.54, 1.807) is 24.3 Å². The van der Waals surface area contributed by atoms with E-state index in [1.165, 1.54) is 11.3 Å². The quantitative estimate of drug-likeness (QED) is 0.754. The summed E-state index contributed by atoms with van der Waals surface area (Å²) < 4.78 is 37.1. The fourth-order valence-corrected chi connectivity index (χ4v) is 2.54. The number of carbonyl (C=O) groups excluding carboxylic acids is 1. The monoisotopic (exact) mass is 258 g/mol. The molecule has 90 valence electrons. The molecule has 2 aromatic rings. The van der Waals surface area contributed by atoms with E-state index >= 15 is 0 Å². The second-order valence-electron chi connectivity index (χ2n) is 3.75. The van der Waals surface area contributed by atoms with E-state index < -0.39 is 12.6 Å². The summed E-state index contributed by atoms with van der Waals surface area (Å²) in [5.41, 5.74) is 0.647. The van der Waals surface area contributed by atoms with Crippen LogP contribution in [0.1, 0.15) is 21.7 Å². The number of halogens is 3. The van der Waals surface area contributed by atoms with Gasteiger partial charge in [0.2, 0.25) is 0 Å². The maximum absolute atomic E-state index is 12.1. The van der Waals surface area contributed by atoms with Gasteiger partial charge in [0.25, 0.3) is 0 Å². The fraction of sp³-hybridized carbons (Fsp3) is 0.250. The molecule has 1 aromatic carbocycles. The first-order valence-electron chi connectivity index (χ1n) is 5.02. The van der Waals surface area contributed by atoms with Gasteiger partial charge in [-0.2, -0.15) is 13.2 Å². The lowest BCUT2D eigenvalue weighted by Crippen LogP contribution is -2.08. The van der Waals surface area contributed by atoms with Crippen LogP contribution < -0.4 is 0 Å². The van der Waals surface area contributed by atoms with Crippen molar-refractivity contribution in [3.63, 3.8) is 0 Å². The van der Waals surface area contributed by atoms with Gasteiger partial charge < -0.3 is 0 Å². The van der Waals surface area contributed by atoms with Crippen molar-refractivity contribution in [2.45, 2.75) is 19.0 Å². The average Bonchev–Trinajstić information content (AvgIpc) is 2.67. The van der Waals surface area contributed by atoms with Crippen molar-refractivity contribution < 1.29 is 18.0 Å². The van der Waals surface area contributed by atoms with E-state index in [2.05, 4.69) is 0 Å². The highest BCUT2D eigenvalue weighted by molar-refractivity contribution is 7.20. The number of aryl methyl sites for hydroxylation is 1. The van der Waals surface area contributed by atoms with Crippen LogP contribution in [0.15, 0.2) is 24.3 Å². The van der Waals surface area contributed by atoms with Crippen LogP contribution in [-0.2, 0) is 6.42 Å². The standard InChI is InChI=1S/C12H9F3OS/c13-12(14,15)4-3-8-1-2-9-6-10(7-16)17-11(9)5-8/h1-2,5-7H,3-4H2. The molecule has 0 bridgehead atoms. The predicted molar refractivity (Wildman–Crippen MR) is 61.6 cm³/mol. The van der Waals surface area contributed by atoms with Gasteiger partial charge in [0.05, 0.1) is 4.88 Å². The Bertz CT molecular complexity index is 542. The number of thiophene rings is 1. The molecule has 0 unspecified atom stereocenters. The Balaban J connectivity index is 2.22. The maximum Gasteiger partial charge on any atom is 0.389 e. The zero-order valence-electron chi connectivity index (χ0n) is 8.75. The van der Waals surface area contributed by atoms with Gasteiger partial charge in [-0.15, -0.1) is 11.3 Å². The van der Waals surface area contributed by atoms with E-state index in [-0.39, 0.29) is 6.42 Å². The summed E-state index contributed by atoms with van der Waals surface area (Å²) in [6.45, 7) is 0. The molecule has 2 rings (SSSR count). The molecule has 0 radical (unpaired) electrons. The van der Waals surface area contributed by atoms with Crippen LogP contribution in [0.5, 0.6) is 0 Å². The lowest BCUT2D eigenvalue weighted by atomic mass is 10.1. The Morgan fingerprint density at radius 2 is 2.00 bits per heavy atom. The molecule has 0 fully saturated rings. The van der Waals surface area contributed by atoms with Crippen LogP contribution in [0.25, 0.3) is 10.1 Å². The molecule has 0 aliphatic rings. The molecule has 0 aliphatic heterocycles. The summed E-state index contributed by atoms with van der Waals surface area (Å²) in [5, 5.41) is 0.896. The number of benzene rings is 1. The maximum atomic E-state index is 12.1. The van der Waals surface area contributed by atoms with Gasteiger partial charge in [-0.3, -0.25) is 4.79 Å². The molecule has 17 heavy (non-hydrogen) atoms. The van der Waals surface area contributed by atoms with Gasteiger partial charge in [-0.1, -0.05) is 12.1 Å². The molecule has 0 saturated carbocycles. The number of fused-ring (bicyclic) bond motifs is 1. The zero-order chi connectivity index (χ0) is 12.5. The summed E-state index contributed by atoms with van der Waals surface area (Å²) in [7, 11) is 0. The van der Waals surface area contributed by atoms with Crippen molar-refractivity contribution in [2.24, 2.45) is 0 Å². The third kappa shape index (κ3) is 3.06. The Hall–Kier alpha value is -1.36. The molecule has 0 amide bonds. The molecular formula is C12H9F3OS. The van der Waals surface area contributed by atoms with Crippen LogP contribution in [0.3, 0.4) is 0 Å². The summed E-state index contributed by atoms with van der Waals surface area (Å²) >= 11 is 1.30. The fourth-order valence-electron chi connectivity index (χ4n) is 1.60. The Morgan fingerprint density at radius 1 is 1.24 bits per heavy atom. The highest BCUT2D eigenvalue weighted by atomic mass is 32.1. The largest absolute Gasteiger partial charge is 0.389 e. The Morgan fingerprint density at radius 3 is 2.65 bits per heavy atom. The van der Waals surface area contributed by atoms with Gasteiger partial charge in [0, 0.05) is 11.1 Å². The number of hydrogen-bond acceptors (Lipinski definition) is 2. The SMILES string of the molecule is O=Cc1cc2ccc(CCC(F)(F)F)cc2s1. The van der Waals surface area contributed by atoms with Crippen molar-refractivity contribution >= 4 is 27.7 Å². The topological polar surface area (TPSA) is 17.1 Å². The number of alkyl halides is 3. The van der Waals surface area contributed by atoms with Gasteiger partial charge in [-0.05, 0) is 29.5 Å². The minimum Gasteiger partial charge on any atom is -0.297 e. The summed E-state index contributed by atoms with van der Waals surface area (Å²) in [6, 6.07) is 6.89. The first-order valence-corrected chi connectivity index (χ1v) is 5.84. The minimum atomic E-state index is -4.13. The van der Waals surface area contributed by atoms with Crippen molar-refractivity contribution in [3.8, 4) is 0 Å². The van der Waals surface area contributed by atoms with E-state index in [9.17, 15) is 18.0 Å². The Kier molecular flexibility index (Phi) is 3.19. The second kappa shape index (κ2) is 4.49. The van der Waals surface area contributed by atoms with Crippen molar-refractivity contribution in [1.29, 1.82) is 0 Å². The highest BCUT2D eigenvalue weighted by Crippen LogP contribution is 2.27. The number of carbonyl (C=O) groups is 1. The summed E-state index contributed by atoms with van der Waals surface area (Å²) in [4.78, 5) is 11.2. The second-order valence-corrected chi connectivity index (χ2v) is 4.87. The molecular weight excluding hydrogens is 249 g/mol. The highest BCUT2D eigenvalue weighted by Gasteiger charge is 2.26. The van der Waals surface area contributed by atoms with E-state index in [1.807, 2.05) is 0 Å². The van der Waals surface area contributed by atoms with E-state index in [0.29, 0.717) is 10.4 Å². The molecule has 0 saturated heterocycles. The van der Waals surface area contributed by atoms with Crippen LogP contribution >= 0.6 is 11.3 Å². The first-order chi connectivity index (χ1) is 7.98. The van der Waals surface area contributed by atoms with Gasteiger partial charge in [0.15, 0.2) is 6.29 Å². The van der Waals surface area contributed by atoms with Crippen LogP contribution in [-0.4, -0.2) is 12.5 Å². The number of aldehydes is 1. The molecule has 5 heteroatoms. The number of hydrogen-bond donors (Lipinski definition) is 0. The van der Waals surface area contributed by atoms with Gasteiger partial charge in [0.1, 0.15) is 0 Å². The summed E-state index contributed by atoms with van der Waals surface area (Å²) in [5.74, 6) is 0. The molecule has 0 spiro atoms. The van der Waals surface area contributed by atoms with Gasteiger partial charge >= 0.3 is 6.18 Å². The first kappa shape index (κ1) is 12.1. The van der Waals surface area contributed by atoms with Crippen LogP contribution in [0.4, 0.5) is 13.2 Å². The molecule has 0 aliphatic carbocycles. The molecule has 1 heterocycles. The van der Waals surface area contributed by atoms with Crippen molar-refractivity contribution in [3.05, 3.63) is 34.7 Å². The third-order valence-electron chi connectivity index (χ3n) is 2.42. The predicted octanol–water partition coefficient (Wildman–Crippen LogP) is 4.21. The van der Waals surface area contributed by atoms with Gasteiger partial charge in [-0.25, -0.2) is 0 Å². The van der Waals surface area contributed by atoms with Crippen molar-refractivity contribution in [1.82, 2.24) is 0 Å². The molecule has 0 N–H and O–H groups in total. The summed E-state index contributed by atoms with van der Waals surface area (Å²) in [6.07, 6.45) is -4.21. The van der Waals surface area contributed by atoms with E-state index in [0.717, 1.165) is 16.4 Å². The normalized spacial score (nSPS) is 11.9. The lowest BCUT2D eigenvalue weighted by molar-refractivity contribution is -0.133. The van der Waals surface area contributed by atoms with Crippen LogP contribution in [0, 0.1) is 0 Å². The number of rotatable bonds is 3. The smallest absolute Gasteiger partial charge is 0.297 e. The molecule has 0 atom stereocenters. The van der Waals surface area contributed by atoms with Crippen LogP contribution in [0.2, 0.25) is 0 Å². The van der Waals surface area contributed by atoms with E-state index in [4.69, 9.17) is 0 Å². The zero-order valence-corrected chi connectivity index (χ0v) is 9.57. The molecule has 1 nitrogen and oxygen atoms in total.